The lowest BCUT2D eigenvalue weighted by Gasteiger charge is -2.25. The topological polar surface area (TPSA) is 30.5 Å². The molecule has 1 unspecified atom stereocenters. The van der Waals surface area contributed by atoms with Gasteiger partial charge in [0.15, 0.2) is 0 Å². The largest absolute Gasteiger partial charge is 0.496 e. The Morgan fingerprint density at radius 2 is 1.76 bits per heavy atom. The van der Waals surface area contributed by atoms with Crippen LogP contribution in [0.3, 0.4) is 0 Å². The lowest BCUT2D eigenvalue weighted by atomic mass is 10.0. The predicted molar refractivity (Wildman–Crippen MR) is 90.7 cm³/mol. The summed E-state index contributed by atoms with van der Waals surface area (Å²) in [6.07, 6.45) is 6.92. The van der Waals surface area contributed by atoms with Gasteiger partial charge in [-0.05, 0) is 32.0 Å². The van der Waals surface area contributed by atoms with Crippen LogP contribution in [0.15, 0.2) is 18.2 Å². The molecule has 0 heterocycles. The number of methoxy groups -OCH3 is 2. The van der Waals surface area contributed by atoms with Gasteiger partial charge in [0.05, 0.1) is 19.8 Å². The normalized spacial score (nSPS) is 17.5. The van der Waals surface area contributed by atoms with Crippen molar-refractivity contribution >= 4 is 11.8 Å². The van der Waals surface area contributed by atoms with Crippen molar-refractivity contribution in [2.24, 2.45) is 0 Å². The van der Waals surface area contributed by atoms with Crippen molar-refractivity contribution < 1.29 is 9.47 Å². The molecule has 1 saturated carbocycles. The molecule has 3 nitrogen and oxygen atoms in total. The van der Waals surface area contributed by atoms with Crippen molar-refractivity contribution in [3.05, 3.63) is 23.8 Å². The first-order valence-corrected chi connectivity index (χ1v) is 8.84. The van der Waals surface area contributed by atoms with Crippen LogP contribution >= 0.6 is 11.8 Å². The van der Waals surface area contributed by atoms with E-state index in [-0.39, 0.29) is 6.04 Å². The summed E-state index contributed by atoms with van der Waals surface area (Å²) in [4.78, 5) is 0. The van der Waals surface area contributed by atoms with Gasteiger partial charge < -0.3 is 14.8 Å². The quantitative estimate of drug-likeness (QED) is 0.824. The summed E-state index contributed by atoms with van der Waals surface area (Å²) in [6, 6.07) is 6.24. The van der Waals surface area contributed by atoms with Crippen molar-refractivity contribution in [2.75, 3.05) is 27.0 Å². The van der Waals surface area contributed by atoms with Crippen molar-refractivity contribution in [3.63, 3.8) is 0 Å². The Kier molecular flexibility index (Phi) is 6.71. The zero-order valence-corrected chi connectivity index (χ0v) is 14.2. The van der Waals surface area contributed by atoms with E-state index in [9.17, 15) is 0 Å². The van der Waals surface area contributed by atoms with Crippen LogP contribution in [-0.4, -0.2) is 32.3 Å². The fourth-order valence-corrected chi connectivity index (χ4v) is 4.46. The highest BCUT2D eigenvalue weighted by Crippen LogP contribution is 2.37. The first-order chi connectivity index (χ1) is 10.3. The number of hydrogen-bond donors (Lipinski definition) is 1. The standard InChI is InChI=1S/C17H27NO2S/c1-18-14(12-21-13-8-5-4-6-9-13)17-15(19-2)10-7-11-16(17)20-3/h7,10-11,13-14,18H,4-6,8-9,12H2,1-3H3. The molecule has 118 valence electrons. The Bertz CT molecular complexity index is 411. The van der Waals surface area contributed by atoms with E-state index >= 15 is 0 Å². The summed E-state index contributed by atoms with van der Waals surface area (Å²) in [7, 11) is 5.45. The molecule has 1 N–H and O–H groups in total. The second kappa shape index (κ2) is 8.54. The summed E-state index contributed by atoms with van der Waals surface area (Å²) in [5.41, 5.74) is 1.13. The molecule has 1 aliphatic rings. The van der Waals surface area contributed by atoms with Crippen LogP contribution in [0.4, 0.5) is 0 Å². The van der Waals surface area contributed by atoms with Gasteiger partial charge in [-0.1, -0.05) is 25.3 Å². The smallest absolute Gasteiger partial charge is 0.127 e. The molecular formula is C17H27NO2S. The van der Waals surface area contributed by atoms with Crippen LogP contribution in [0.2, 0.25) is 0 Å². The molecule has 1 aromatic carbocycles. The monoisotopic (exact) mass is 309 g/mol. The molecular weight excluding hydrogens is 282 g/mol. The maximum Gasteiger partial charge on any atom is 0.127 e. The molecule has 0 bridgehead atoms. The molecule has 0 spiro atoms. The molecule has 4 heteroatoms. The number of ether oxygens (including phenoxy) is 2. The summed E-state index contributed by atoms with van der Waals surface area (Å²) >= 11 is 2.09. The van der Waals surface area contributed by atoms with Gasteiger partial charge in [-0.25, -0.2) is 0 Å². The van der Waals surface area contributed by atoms with Gasteiger partial charge in [0.25, 0.3) is 0 Å². The number of benzene rings is 1. The third-order valence-corrected chi connectivity index (χ3v) is 5.68. The van der Waals surface area contributed by atoms with Crippen molar-refractivity contribution in [2.45, 2.75) is 43.4 Å². The average Bonchev–Trinajstić information content (AvgIpc) is 2.56. The number of rotatable bonds is 7. The third-order valence-electron chi connectivity index (χ3n) is 4.21. The Morgan fingerprint density at radius 3 is 2.29 bits per heavy atom. The number of nitrogens with one attached hydrogen (secondary N) is 1. The maximum atomic E-state index is 5.53. The predicted octanol–water partition coefficient (Wildman–Crippen LogP) is 4.03. The van der Waals surface area contributed by atoms with Crippen molar-refractivity contribution in [1.82, 2.24) is 5.32 Å². The van der Waals surface area contributed by atoms with Crippen molar-refractivity contribution in [3.8, 4) is 11.5 Å². The van der Waals surface area contributed by atoms with Crippen LogP contribution < -0.4 is 14.8 Å². The molecule has 2 rings (SSSR count). The first kappa shape index (κ1) is 16.5. The van der Waals surface area contributed by atoms with E-state index in [0.29, 0.717) is 0 Å². The van der Waals surface area contributed by atoms with E-state index in [1.165, 1.54) is 32.1 Å². The zero-order valence-electron chi connectivity index (χ0n) is 13.4. The van der Waals surface area contributed by atoms with Crippen LogP contribution in [0, 0.1) is 0 Å². The second-order valence-corrected chi connectivity index (χ2v) is 6.84. The van der Waals surface area contributed by atoms with Crippen molar-refractivity contribution in [1.29, 1.82) is 0 Å². The second-order valence-electron chi connectivity index (χ2n) is 5.51. The molecule has 0 saturated heterocycles. The minimum Gasteiger partial charge on any atom is -0.496 e. The van der Waals surface area contributed by atoms with E-state index in [1.54, 1.807) is 14.2 Å². The number of hydrogen-bond acceptors (Lipinski definition) is 4. The van der Waals surface area contributed by atoms with E-state index in [2.05, 4.69) is 17.1 Å². The minimum absolute atomic E-state index is 0.253. The van der Waals surface area contributed by atoms with Crippen LogP contribution in [0.1, 0.15) is 43.7 Å². The Labute approximate surface area is 132 Å². The molecule has 1 atom stereocenters. The highest BCUT2D eigenvalue weighted by molar-refractivity contribution is 7.99. The summed E-state index contributed by atoms with van der Waals surface area (Å²) < 4.78 is 11.1. The minimum atomic E-state index is 0.253. The van der Waals surface area contributed by atoms with E-state index in [1.807, 2.05) is 25.2 Å². The SMILES string of the molecule is CNC(CSC1CCCCC1)c1c(OC)cccc1OC. The molecule has 0 radical (unpaired) electrons. The van der Waals surface area contributed by atoms with Crippen LogP contribution in [-0.2, 0) is 0 Å². The molecule has 1 aromatic rings. The fourth-order valence-electron chi connectivity index (χ4n) is 3.00. The fraction of sp³-hybridized carbons (Fsp3) is 0.647. The maximum absolute atomic E-state index is 5.53. The molecule has 0 aromatic heterocycles. The van der Waals surface area contributed by atoms with Crippen LogP contribution in [0.5, 0.6) is 11.5 Å². The lowest BCUT2D eigenvalue weighted by Crippen LogP contribution is -2.22. The van der Waals surface area contributed by atoms with E-state index in [0.717, 1.165) is 28.1 Å². The van der Waals surface area contributed by atoms with Gasteiger partial charge in [0.2, 0.25) is 0 Å². The summed E-state index contributed by atoms with van der Waals surface area (Å²) in [5.74, 6) is 2.86. The lowest BCUT2D eigenvalue weighted by molar-refractivity contribution is 0.377. The Morgan fingerprint density at radius 1 is 1.14 bits per heavy atom. The van der Waals surface area contributed by atoms with Gasteiger partial charge in [0, 0.05) is 17.0 Å². The van der Waals surface area contributed by atoms with Gasteiger partial charge in [-0.3, -0.25) is 0 Å². The molecule has 1 fully saturated rings. The summed E-state index contributed by atoms with van der Waals surface area (Å²) in [5, 5.41) is 4.24. The number of thioether (sulfide) groups is 1. The van der Waals surface area contributed by atoms with Gasteiger partial charge in [-0.15, -0.1) is 0 Å². The average molecular weight is 309 g/mol. The molecule has 21 heavy (non-hydrogen) atoms. The first-order valence-electron chi connectivity index (χ1n) is 7.80. The zero-order chi connectivity index (χ0) is 15.1. The highest BCUT2D eigenvalue weighted by atomic mass is 32.2. The molecule has 0 aliphatic heterocycles. The summed E-state index contributed by atoms with van der Waals surface area (Å²) in [6.45, 7) is 0. The van der Waals surface area contributed by atoms with E-state index in [4.69, 9.17) is 9.47 Å². The third kappa shape index (κ3) is 4.30. The van der Waals surface area contributed by atoms with Gasteiger partial charge >= 0.3 is 0 Å². The molecule has 0 amide bonds. The Balaban J connectivity index is 2.08. The van der Waals surface area contributed by atoms with E-state index < -0.39 is 0 Å². The van der Waals surface area contributed by atoms with Gasteiger partial charge in [-0.2, -0.15) is 11.8 Å². The van der Waals surface area contributed by atoms with Crippen LogP contribution in [0.25, 0.3) is 0 Å². The van der Waals surface area contributed by atoms with Gasteiger partial charge in [0.1, 0.15) is 11.5 Å². The molecule has 1 aliphatic carbocycles. The Hall–Kier alpha value is -0.870. The highest BCUT2D eigenvalue weighted by Gasteiger charge is 2.22.